The Kier molecular flexibility index (Phi) is 4.57. The van der Waals surface area contributed by atoms with Crippen molar-refractivity contribution in [3.05, 3.63) is 70.1 Å². The van der Waals surface area contributed by atoms with Crippen molar-refractivity contribution >= 4 is 17.2 Å². The molecule has 2 heterocycles. The van der Waals surface area contributed by atoms with Crippen molar-refractivity contribution in [2.45, 2.75) is 6.54 Å². The Labute approximate surface area is 139 Å². The van der Waals surface area contributed by atoms with Crippen LogP contribution in [0.5, 0.6) is 0 Å². The smallest absolute Gasteiger partial charge is 0.254 e. The number of halogens is 3. The fourth-order valence-electron chi connectivity index (χ4n) is 2.00. The number of amides is 1. The van der Waals surface area contributed by atoms with Gasteiger partial charge in [-0.1, -0.05) is 0 Å². The number of pyridine rings is 1. The Morgan fingerprint density at radius 3 is 2.58 bits per heavy atom. The molecule has 3 aromatic rings. The van der Waals surface area contributed by atoms with E-state index >= 15 is 0 Å². The lowest BCUT2D eigenvalue weighted by Gasteiger charge is -2.05. The molecule has 3 rings (SSSR count). The Hall–Kier alpha value is -2.74. The molecule has 0 aliphatic heterocycles. The van der Waals surface area contributed by atoms with Crippen LogP contribution in [0.25, 0.3) is 11.3 Å². The molecule has 0 unspecified atom stereocenters. The first-order valence-corrected chi connectivity index (χ1v) is 7.70. The lowest BCUT2D eigenvalue weighted by molar-refractivity contribution is 0.0945. The molecule has 2 aromatic heterocycles. The maximum atomic E-state index is 13.6. The van der Waals surface area contributed by atoms with E-state index in [1.54, 1.807) is 24.5 Å². The third-order valence-electron chi connectivity index (χ3n) is 3.21. The lowest BCUT2D eigenvalue weighted by Crippen LogP contribution is -2.24. The summed E-state index contributed by atoms with van der Waals surface area (Å²) in [7, 11) is 0. The van der Waals surface area contributed by atoms with E-state index in [-0.39, 0.29) is 6.54 Å². The van der Waals surface area contributed by atoms with Crippen LogP contribution in [-0.4, -0.2) is 15.9 Å². The highest BCUT2D eigenvalue weighted by molar-refractivity contribution is 7.09. The first kappa shape index (κ1) is 16.1. The summed E-state index contributed by atoms with van der Waals surface area (Å²) >= 11 is 1.32. The second-order valence-electron chi connectivity index (χ2n) is 4.77. The zero-order valence-corrected chi connectivity index (χ0v) is 12.9. The molecule has 1 aromatic carbocycles. The van der Waals surface area contributed by atoms with Gasteiger partial charge < -0.3 is 5.32 Å². The van der Waals surface area contributed by atoms with Crippen molar-refractivity contribution in [2.75, 3.05) is 0 Å². The third kappa shape index (κ3) is 3.28. The van der Waals surface area contributed by atoms with E-state index in [2.05, 4.69) is 15.3 Å². The van der Waals surface area contributed by atoms with E-state index in [1.807, 2.05) is 5.38 Å². The minimum atomic E-state index is -1.67. The van der Waals surface area contributed by atoms with Crippen LogP contribution in [0.1, 0.15) is 15.4 Å². The Morgan fingerprint density at radius 2 is 1.83 bits per heavy atom. The quantitative estimate of drug-likeness (QED) is 0.733. The minimum absolute atomic E-state index is 0.0486. The summed E-state index contributed by atoms with van der Waals surface area (Å²) in [5.74, 6) is -5.36. The first-order chi connectivity index (χ1) is 11.6. The average Bonchev–Trinajstić information content (AvgIpc) is 3.07. The van der Waals surface area contributed by atoms with Gasteiger partial charge in [-0.15, -0.1) is 11.3 Å². The number of aromatic nitrogens is 2. The number of nitrogens with one attached hydrogen (secondary N) is 1. The van der Waals surface area contributed by atoms with Gasteiger partial charge in [0.15, 0.2) is 17.5 Å². The minimum Gasteiger partial charge on any atom is -0.345 e. The second kappa shape index (κ2) is 6.79. The molecule has 0 saturated carbocycles. The van der Waals surface area contributed by atoms with Crippen LogP contribution in [-0.2, 0) is 6.54 Å². The molecule has 0 bridgehead atoms. The van der Waals surface area contributed by atoms with Crippen LogP contribution in [0, 0.1) is 17.5 Å². The predicted octanol–water partition coefficient (Wildman–Crippen LogP) is 3.55. The molecule has 0 saturated heterocycles. The molecule has 0 aliphatic rings. The van der Waals surface area contributed by atoms with Crippen molar-refractivity contribution in [1.82, 2.24) is 15.3 Å². The average molecular weight is 349 g/mol. The van der Waals surface area contributed by atoms with Gasteiger partial charge in [-0.05, 0) is 24.3 Å². The van der Waals surface area contributed by atoms with E-state index in [0.29, 0.717) is 11.1 Å². The summed E-state index contributed by atoms with van der Waals surface area (Å²) in [4.78, 5) is 20.2. The number of benzene rings is 1. The van der Waals surface area contributed by atoms with Crippen LogP contribution >= 0.6 is 11.3 Å². The zero-order chi connectivity index (χ0) is 17.1. The van der Waals surface area contributed by atoms with Gasteiger partial charge in [-0.25, -0.2) is 18.2 Å². The van der Waals surface area contributed by atoms with E-state index < -0.39 is 28.9 Å². The van der Waals surface area contributed by atoms with Gasteiger partial charge in [0, 0.05) is 23.3 Å². The van der Waals surface area contributed by atoms with Gasteiger partial charge in [-0.3, -0.25) is 9.78 Å². The molecule has 122 valence electrons. The molecule has 24 heavy (non-hydrogen) atoms. The van der Waals surface area contributed by atoms with Gasteiger partial charge in [0.2, 0.25) is 0 Å². The monoisotopic (exact) mass is 349 g/mol. The number of carbonyl (C=O) groups is 1. The van der Waals surface area contributed by atoms with Crippen molar-refractivity contribution < 1.29 is 18.0 Å². The zero-order valence-electron chi connectivity index (χ0n) is 12.1. The second-order valence-corrected chi connectivity index (χ2v) is 5.71. The Morgan fingerprint density at radius 1 is 1.08 bits per heavy atom. The van der Waals surface area contributed by atoms with Crippen LogP contribution in [0.15, 0.2) is 42.0 Å². The third-order valence-corrected chi connectivity index (χ3v) is 4.06. The first-order valence-electron chi connectivity index (χ1n) is 6.82. The summed E-state index contributed by atoms with van der Waals surface area (Å²) in [5.41, 5.74) is 1.05. The summed E-state index contributed by atoms with van der Waals surface area (Å²) in [6.07, 6.45) is 3.28. The van der Waals surface area contributed by atoms with E-state index in [9.17, 15) is 18.0 Å². The lowest BCUT2D eigenvalue weighted by atomic mass is 10.2. The van der Waals surface area contributed by atoms with Gasteiger partial charge in [0.1, 0.15) is 5.01 Å². The Balaban J connectivity index is 1.69. The Bertz CT molecular complexity index is 884. The van der Waals surface area contributed by atoms with Gasteiger partial charge >= 0.3 is 0 Å². The highest BCUT2D eigenvalue weighted by Crippen LogP contribution is 2.21. The molecule has 4 nitrogen and oxygen atoms in total. The topological polar surface area (TPSA) is 54.9 Å². The molecule has 1 N–H and O–H groups in total. The fourth-order valence-corrected chi connectivity index (χ4v) is 2.74. The fraction of sp³-hybridized carbons (Fsp3) is 0.0625. The standard InChI is InChI=1S/C16H10F3N3OS/c17-11-2-1-10(14(18)15(11)19)16(23)21-7-13-22-12(8-24-13)9-3-5-20-6-4-9/h1-6,8H,7H2,(H,21,23). The number of carbonyl (C=O) groups excluding carboxylic acids is 1. The van der Waals surface area contributed by atoms with E-state index in [4.69, 9.17) is 0 Å². The molecular weight excluding hydrogens is 339 g/mol. The molecular formula is C16H10F3N3OS. The van der Waals surface area contributed by atoms with Crippen molar-refractivity contribution in [3.63, 3.8) is 0 Å². The van der Waals surface area contributed by atoms with Crippen LogP contribution in [0.4, 0.5) is 13.2 Å². The van der Waals surface area contributed by atoms with Gasteiger partial charge in [0.25, 0.3) is 5.91 Å². The van der Waals surface area contributed by atoms with Crippen LogP contribution in [0.3, 0.4) is 0 Å². The normalized spacial score (nSPS) is 10.6. The van der Waals surface area contributed by atoms with E-state index in [0.717, 1.165) is 17.3 Å². The SMILES string of the molecule is O=C(NCc1nc(-c2ccncc2)cs1)c1ccc(F)c(F)c1F. The number of hydrogen-bond donors (Lipinski definition) is 1. The summed E-state index contributed by atoms with van der Waals surface area (Å²) in [6.45, 7) is 0.0486. The van der Waals surface area contributed by atoms with Crippen molar-refractivity contribution in [1.29, 1.82) is 0 Å². The number of hydrogen-bond acceptors (Lipinski definition) is 4. The molecule has 8 heteroatoms. The maximum Gasteiger partial charge on any atom is 0.254 e. The van der Waals surface area contributed by atoms with Crippen LogP contribution < -0.4 is 5.32 Å². The molecule has 1 amide bonds. The van der Waals surface area contributed by atoms with Crippen molar-refractivity contribution in [2.24, 2.45) is 0 Å². The largest absolute Gasteiger partial charge is 0.345 e. The van der Waals surface area contributed by atoms with Crippen molar-refractivity contribution in [3.8, 4) is 11.3 Å². The maximum absolute atomic E-state index is 13.6. The molecule has 0 fully saturated rings. The van der Waals surface area contributed by atoms with E-state index in [1.165, 1.54) is 11.3 Å². The summed E-state index contributed by atoms with van der Waals surface area (Å²) in [5, 5.41) is 4.85. The predicted molar refractivity (Wildman–Crippen MR) is 82.8 cm³/mol. The van der Waals surface area contributed by atoms with Crippen LogP contribution in [0.2, 0.25) is 0 Å². The molecule has 0 radical (unpaired) electrons. The number of nitrogens with zero attached hydrogens (tertiary/aromatic N) is 2. The number of rotatable bonds is 4. The van der Waals surface area contributed by atoms with Gasteiger partial charge in [-0.2, -0.15) is 0 Å². The van der Waals surface area contributed by atoms with Gasteiger partial charge in [0.05, 0.1) is 17.8 Å². The molecule has 0 aliphatic carbocycles. The number of thiazole rings is 1. The highest BCUT2D eigenvalue weighted by atomic mass is 32.1. The summed E-state index contributed by atoms with van der Waals surface area (Å²) in [6, 6.07) is 5.20. The highest BCUT2D eigenvalue weighted by Gasteiger charge is 2.18. The molecule has 0 spiro atoms. The molecule has 0 atom stereocenters. The summed E-state index contributed by atoms with van der Waals surface area (Å²) < 4.78 is 39.6.